The van der Waals surface area contributed by atoms with Crippen molar-refractivity contribution in [1.29, 1.82) is 0 Å². The van der Waals surface area contributed by atoms with E-state index in [2.05, 4.69) is 4.89 Å². The molecule has 0 aliphatic carbocycles. The van der Waals surface area contributed by atoms with Crippen LogP contribution in [-0.4, -0.2) is 19.7 Å². The second-order valence-corrected chi connectivity index (χ2v) is 5.91. The maximum Gasteiger partial charge on any atom is 0.339 e. The van der Waals surface area contributed by atoms with Crippen LogP contribution in [0.25, 0.3) is 11.1 Å². The van der Waals surface area contributed by atoms with E-state index in [-0.39, 0.29) is 12.6 Å². The van der Waals surface area contributed by atoms with Crippen molar-refractivity contribution in [2.45, 2.75) is 4.90 Å². The number of cyclic esters (lactones) is 1. The van der Waals surface area contributed by atoms with Crippen LogP contribution < -0.4 is 0 Å². The molecule has 0 saturated heterocycles. The largest absolute Gasteiger partial charge is 0.457 e. The van der Waals surface area contributed by atoms with Crippen molar-refractivity contribution >= 4 is 40.8 Å². The van der Waals surface area contributed by atoms with Crippen LogP contribution in [0.3, 0.4) is 0 Å². The zero-order valence-corrected chi connectivity index (χ0v) is 13.8. The highest BCUT2D eigenvalue weighted by atomic mass is 35.5. The van der Waals surface area contributed by atoms with Crippen molar-refractivity contribution in [3.63, 3.8) is 0 Å². The van der Waals surface area contributed by atoms with Gasteiger partial charge in [-0.2, -0.15) is 4.33 Å². The molecule has 2 aromatic rings. The number of halogens is 1. The third-order valence-corrected chi connectivity index (χ3v) is 4.55. The first-order chi connectivity index (χ1) is 11.2. The summed E-state index contributed by atoms with van der Waals surface area (Å²) in [6.45, 7) is 0.237. The van der Waals surface area contributed by atoms with Crippen LogP contribution in [0.2, 0.25) is 5.02 Å². The first-order valence-electron chi connectivity index (χ1n) is 6.83. The van der Waals surface area contributed by atoms with Crippen LogP contribution in [0, 0.1) is 0 Å². The third-order valence-electron chi connectivity index (χ3n) is 3.39. The molecule has 2 aromatic carbocycles. The van der Waals surface area contributed by atoms with Gasteiger partial charge in [0.05, 0.1) is 34.6 Å². The van der Waals surface area contributed by atoms with E-state index < -0.39 is 0 Å². The highest BCUT2D eigenvalue weighted by molar-refractivity contribution is 7.94. The monoisotopic (exact) mass is 348 g/mol. The third kappa shape index (κ3) is 3.43. The fourth-order valence-electron chi connectivity index (χ4n) is 2.36. The molecular formula is C17H13ClO4S. The van der Waals surface area contributed by atoms with Gasteiger partial charge in [0.15, 0.2) is 0 Å². The number of hydrogen-bond acceptors (Lipinski definition) is 5. The molecule has 0 aromatic heterocycles. The summed E-state index contributed by atoms with van der Waals surface area (Å²) in [6, 6.07) is 15.0. The number of rotatable bonds is 5. The van der Waals surface area contributed by atoms with Gasteiger partial charge in [0, 0.05) is 5.57 Å². The molecule has 0 atom stereocenters. The Balaban J connectivity index is 2.00. The molecular weight excluding hydrogens is 336 g/mol. The van der Waals surface area contributed by atoms with Crippen LogP contribution in [0.15, 0.2) is 53.4 Å². The van der Waals surface area contributed by atoms with Crippen molar-refractivity contribution in [2.24, 2.45) is 0 Å². The molecule has 23 heavy (non-hydrogen) atoms. The standard InChI is InChI=1S/C17H13ClO4S/c1-20-22-23-15-8-7-12(9-14(15)18)13-10-21-17(19)16(13)11-5-3-2-4-6-11/h2-9H,10H2,1H3. The quantitative estimate of drug-likeness (QED) is 0.347. The molecule has 118 valence electrons. The minimum absolute atomic E-state index is 0.237. The number of benzene rings is 2. The molecule has 3 rings (SSSR count). The van der Waals surface area contributed by atoms with Gasteiger partial charge in [-0.25, -0.2) is 9.68 Å². The van der Waals surface area contributed by atoms with E-state index in [1.165, 1.54) is 7.11 Å². The van der Waals surface area contributed by atoms with Gasteiger partial charge in [0.25, 0.3) is 0 Å². The summed E-state index contributed by atoms with van der Waals surface area (Å²) in [5, 5.41) is 0.517. The summed E-state index contributed by atoms with van der Waals surface area (Å²) in [7, 11) is 1.42. The minimum Gasteiger partial charge on any atom is -0.457 e. The molecule has 1 heterocycles. The van der Waals surface area contributed by atoms with Crippen LogP contribution >= 0.6 is 23.6 Å². The minimum atomic E-state index is -0.316. The van der Waals surface area contributed by atoms with Gasteiger partial charge >= 0.3 is 5.97 Å². The van der Waals surface area contributed by atoms with E-state index in [4.69, 9.17) is 20.7 Å². The van der Waals surface area contributed by atoms with Crippen LogP contribution in [-0.2, 0) is 18.8 Å². The summed E-state index contributed by atoms with van der Waals surface area (Å²) in [5.74, 6) is -0.316. The smallest absolute Gasteiger partial charge is 0.339 e. The van der Waals surface area contributed by atoms with Crippen LogP contribution in [0.4, 0.5) is 0 Å². The summed E-state index contributed by atoms with van der Waals surface area (Å²) < 4.78 is 10.0. The fraction of sp³-hybridized carbons (Fsp3) is 0.118. The van der Waals surface area contributed by atoms with Gasteiger partial charge in [-0.1, -0.05) is 48.0 Å². The maximum absolute atomic E-state index is 12.1. The summed E-state index contributed by atoms with van der Waals surface area (Å²) in [4.78, 5) is 17.4. The van der Waals surface area contributed by atoms with E-state index in [1.54, 1.807) is 6.07 Å². The molecule has 0 amide bonds. The Morgan fingerprint density at radius 2 is 1.91 bits per heavy atom. The summed E-state index contributed by atoms with van der Waals surface area (Å²) in [6.07, 6.45) is 0. The molecule has 0 unspecified atom stereocenters. The number of carbonyl (C=O) groups excluding carboxylic acids is 1. The molecule has 4 nitrogen and oxygen atoms in total. The van der Waals surface area contributed by atoms with Crippen molar-refractivity contribution in [2.75, 3.05) is 13.7 Å². The van der Waals surface area contributed by atoms with E-state index >= 15 is 0 Å². The van der Waals surface area contributed by atoms with E-state index in [9.17, 15) is 4.79 Å². The Kier molecular flexibility index (Phi) is 5.03. The molecule has 0 saturated carbocycles. The predicted octanol–water partition coefficient (Wildman–Crippen LogP) is 4.39. The molecule has 0 spiro atoms. The van der Waals surface area contributed by atoms with Crippen molar-refractivity contribution in [3.8, 4) is 0 Å². The lowest BCUT2D eigenvalue weighted by molar-refractivity contribution is -0.160. The van der Waals surface area contributed by atoms with Gasteiger partial charge in [0.2, 0.25) is 0 Å². The molecule has 6 heteroatoms. The Bertz CT molecular complexity index is 758. The van der Waals surface area contributed by atoms with E-state index in [0.717, 1.165) is 33.6 Å². The molecule has 0 bridgehead atoms. The zero-order chi connectivity index (χ0) is 16.2. The van der Waals surface area contributed by atoms with Gasteiger partial charge in [-0.3, -0.25) is 0 Å². The first-order valence-corrected chi connectivity index (χ1v) is 7.95. The number of esters is 1. The van der Waals surface area contributed by atoms with E-state index in [0.29, 0.717) is 10.6 Å². The Labute approximate surface area is 143 Å². The van der Waals surface area contributed by atoms with Crippen molar-refractivity contribution < 1.29 is 18.8 Å². The lowest BCUT2D eigenvalue weighted by Gasteiger charge is -2.07. The highest BCUT2D eigenvalue weighted by Gasteiger charge is 2.27. The Hall–Kier alpha value is -1.79. The van der Waals surface area contributed by atoms with Gasteiger partial charge in [-0.15, -0.1) is 0 Å². The average molecular weight is 349 g/mol. The Morgan fingerprint density at radius 1 is 1.13 bits per heavy atom. The molecule has 0 N–H and O–H groups in total. The van der Waals surface area contributed by atoms with Crippen molar-refractivity contribution in [3.05, 3.63) is 64.7 Å². The lowest BCUT2D eigenvalue weighted by Crippen LogP contribution is -1.98. The average Bonchev–Trinajstić information content (AvgIpc) is 2.96. The molecule has 0 radical (unpaired) electrons. The van der Waals surface area contributed by atoms with Gasteiger partial charge in [0.1, 0.15) is 6.61 Å². The number of hydrogen-bond donors (Lipinski definition) is 0. The molecule has 1 aliphatic rings. The van der Waals surface area contributed by atoms with Gasteiger partial charge in [-0.05, 0) is 23.3 Å². The topological polar surface area (TPSA) is 44.8 Å². The van der Waals surface area contributed by atoms with Crippen LogP contribution in [0.1, 0.15) is 11.1 Å². The van der Waals surface area contributed by atoms with E-state index in [1.807, 2.05) is 42.5 Å². The second kappa shape index (κ2) is 7.19. The second-order valence-electron chi connectivity index (χ2n) is 4.76. The maximum atomic E-state index is 12.1. The molecule has 0 fully saturated rings. The fourth-order valence-corrected chi connectivity index (χ4v) is 3.04. The number of ether oxygens (including phenoxy) is 1. The molecule has 1 aliphatic heterocycles. The van der Waals surface area contributed by atoms with Gasteiger partial charge < -0.3 is 4.74 Å². The highest BCUT2D eigenvalue weighted by Crippen LogP contribution is 2.36. The number of carbonyl (C=O) groups is 1. The zero-order valence-electron chi connectivity index (χ0n) is 12.2. The summed E-state index contributed by atoms with van der Waals surface area (Å²) >= 11 is 7.30. The Morgan fingerprint density at radius 3 is 2.61 bits per heavy atom. The first kappa shape index (κ1) is 16.1. The van der Waals surface area contributed by atoms with Crippen molar-refractivity contribution in [1.82, 2.24) is 0 Å². The SMILES string of the molecule is COOSc1ccc(C2=C(c3ccccc3)C(=O)OC2)cc1Cl. The lowest BCUT2D eigenvalue weighted by atomic mass is 9.97. The van der Waals surface area contributed by atoms with Crippen LogP contribution in [0.5, 0.6) is 0 Å². The predicted molar refractivity (Wildman–Crippen MR) is 89.6 cm³/mol. The normalized spacial score (nSPS) is 14.3. The summed E-state index contributed by atoms with van der Waals surface area (Å²) in [5.41, 5.74) is 3.09.